The summed E-state index contributed by atoms with van der Waals surface area (Å²) in [6.07, 6.45) is 0. The molecule has 0 spiro atoms. The highest BCUT2D eigenvalue weighted by Gasteiger charge is 2.19. The van der Waals surface area contributed by atoms with Gasteiger partial charge in [-0.1, -0.05) is 50.2 Å². The molecule has 0 unspecified atom stereocenters. The van der Waals surface area contributed by atoms with Crippen molar-refractivity contribution >= 4 is 23.1 Å². The third-order valence-electron chi connectivity index (χ3n) is 5.41. The Bertz CT molecular complexity index is 1150. The number of rotatable bonds is 10. The predicted molar refractivity (Wildman–Crippen MR) is 143 cm³/mol. The predicted octanol–water partition coefficient (Wildman–Crippen LogP) is 6.42. The van der Waals surface area contributed by atoms with Gasteiger partial charge in [0.05, 0.1) is 17.0 Å². The molecule has 0 saturated heterocycles. The average Bonchev–Trinajstić information content (AvgIpc) is 3.32. The zero-order chi connectivity index (χ0) is 25.6. The van der Waals surface area contributed by atoms with Crippen molar-refractivity contribution in [1.82, 2.24) is 4.90 Å². The van der Waals surface area contributed by atoms with E-state index in [-0.39, 0.29) is 18.3 Å². The highest BCUT2D eigenvalue weighted by Crippen LogP contribution is 2.31. The van der Waals surface area contributed by atoms with Crippen molar-refractivity contribution in [2.24, 2.45) is 0 Å². The second-order valence-electron chi connectivity index (χ2n) is 9.97. The number of carbonyl (C=O) groups excluding carboxylic acids is 2. The Morgan fingerprint density at radius 3 is 2.40 bits per heavy atom. The number of nitrogens with zero attached hydrogens (tertiary/aromatic N) is 1. The molecule has 0 atom stereocenters. The number of likely N-dealkylation sites (N-methyl/N-ethyl adjacent to an activating group) is 1. The number of hydrogen-bond donors (Lipinski definition) is 0. The Morgan fingerprint density at radius 2 is 1.74 bits per heavy atom. The van der Waals surface area contributed by atoms with Crippen molar-refractivity contribution in [2.75, 3.05) is 26.7 Å². The normalized spacial score (nSPS) is 11.7. The number of ether oxygens (including phenoxy) is 2. The molecule has 0 amide bonds. The fourth-order valence-corrected chi connectivity index (χ4v) is 4.29. The minimum Gasteiger partial charge on any atom is -0.491 e. The van der Waals surface area contributed by atoms with Crippen molar-refractivity contribution in [1.29, 1.82) is 0 Å². The van der Waals surface area contributed by atoms with Crippen molar-refractivity contribution in [3.05, 3.63) is 76.0 Å². The van der Waals surface area contributed by atoms with Gasteiger partial charge in [-0.05, 0) is 74.0 Å². The summed E-state index contributed by atoms with van der Waals surface area (Å²) in [5.41, 5.74) is 3.32. The molecule has 0 bridgehead atoms. The van der Waals surface area contributed by atoms with Crippen LogP contribution >= 0.6 is 11.3 Å². The fourth-order valence-electron chi connectivity index (χ4n) is 3.62. The van der Waals surface area contributed by atoms with Gasteiger partial charge in [0, 0.05) is 6.54 Å². The standard InChI is InChI=1S/C29H35NO4S/c1-20(2)21-9-7-10-22(17-21)23-12-13-25(24(18-23)28(32)26-11-8-16-35-26)33-15-14-30(6)19-27(31)34-29(3,4)5/h7-13,16-18,20H,14-15,19H2,1-6H3. The van der Waals surface area contributed by atoms with E-state index in [9.17, 15) is 9.59 Å². The van der Waals surface area contributed by atoms with Gasteiger partial charge in [-0.15, -0.1) is 11.3 Å². The van der Waals surface area contributed by atoms with Gasteiger partial charge in [0.2, 0.25) is 5.78 Å². The van der Waals surface area contributed by atoms with Crippen LogP contribution in [0.25, 0.3) is 11.1 Å². The Hall–Kier alpha value is -2.96. The molecule has 1 heterocycles. The molecule has 186 valence electrons. The second kappa shape index (κ2) is 11.6. The number of benzene rings is 2. The first-order chi connectivity index (χ1) is 16.5. The van der Waals surface area contributed by atoms with E-state index in [4.69, 9.17) is 9.47 Å². The summed E-state index contributed by atoms with van der Waals surface area (Å²) in [6, 6.07) is 17.9. The third kappa shape index (κ3) is 7.77. The van der Waals surface area contributed by atoms with Crippen molar-refractivity contribution < 1.29 is 19.1 Å². The molecule has 5 nitrogen and oxygen atoms in total. The molecule has 0 aliphatic rings. The molecular formula is C29H35NO4S. The van der Waals surface area contributed by atoms with Crippen LogP contribution in [0, 0.1) is 0 Å². The smallest absolute Gasteiger partial charge is 0.320 e. The van der Waals surface area contributed by atoms with E-state index in [1.54, 1.807) is 0 Å². The molecule has 0 aliphatic carbocycles. The molecular weight excluding hydrogens is 458 g/mol. The summed E-state index contributed by atoms with van der Waals surface area (Å²) in [6.45, 7) is 10.9. The summed E-state index contributed by atoms with van der Waals surface area (Å²) in [4.78, 5) is 27.9. The molecule has 1 aromatic heterocycles. The van der Waals surface area contributed by atoms with Gasteiger partial charge in [-0.3, -0.25) is 14.5 Å². The van der Waals surface area contributed by atoms with Gasteiger partial charge in [0.15, 0.2) is 0 Å². The average molecular weight is 494 g/mol. The Labute approximate surface area is 212 Å². The molecule has 0 radical (unpaired) electrons. The van der Waals surface area contributed by atoms with Crippen LogP contribution in [0.1, 0.15) is 61.3 Å². The molecule has 0 fully saturated rings. The molecule has 0 N–H and O–H groups in total. The minimum atomic E-state index is -0.512. The van der Waals surface area contributed by atoms with Crippen LogP contribution in [0.3, 0.4) is 0 Å². The molecule has 0 aliphatic heterocycles. The maximum Gasteiger partial charge on any atom is 0.320 e. The maximum absolute atomic E-state index is 13.3. The quantitative estimate of drug-likeness (QED) is 0.241. The van der Waals surface area contributed by atoms with Gasteiger partial charge in [-0.2, -0.15) is 0 Å². The molecule has 6 heteroatoms. The highest BCUT2D eigenvalue weighted by atomic mass is 32.1. The van der Waals surface area contributed by atoms with Crippen LogP contribution in [0.5, 0.6) is 5.75 Å². The topological polar surface area (TPSA) is 55.8 Å². The van der Waals surface area contributed by atoms with E-state index in [0.29, 0.717) is 35.3 Å². The molecule has 3 rings (SSSR count). The zero-order valence-electron chi connectivity index (χ0n) is 21.5. The summed E-state index contributed by atoms with van der Waals surface area (Å²) >= 11 is 1.42. The molecule has 0 saturated carbocycles. The lowest BCUT2D eigenvalue weighted by molar-refractivity contribution is -0.155. The highest BCUT2D eigenvalue weighted by molar-refractivity contribution is 7.12. The van der Waals surface area contributed by atoms with Crippen LogP contribution in [0.4, 0.5) is 0 Å². The third-order valence-corrected chi connectivity index (χ3v) is 6.27. The van der Waals surface area contributed by atoms with Gasteiger partial charge in [-0.25, -0.2) is 0 Å². The maximum atomic E-state index is 13.3. The van der Waals surface area contributed by atoms with Gasteiger partial charge in [0.25, 0.3) is 0 Å². The SMILES string of the molecule is CC(C)c1cccc(-c2ccc(OCCN(C)CC(=O)OC(C)(C)C)c(C(=O)c3cccs3)c2)c1. The van der Waals surface area contributed by atoms with E-state index >= 15 is 0 Å². The Morgan fingerprint density at radius 1 is 1.00 bits per heavy atom. The van der Waals surface area contributed by atoms with Gasteiger partial charge >= 0.3 is 5.97 Å². The second-order valence-corrected chi connectivity index (χ2v) is 10.9. The summed E-state index contributed by atoms with van der Waals surface area (Å²) < 4.78 is 11.4. The Balaban J connectivity index is 1.77. The first-order valence-corrected chi connectivity index (χ1v) is 12.8. The largest absolute Gasteiger partial charge is 0.491 e. The van der Waals surface area contributed by atoms with Gasteiger partial charge in [0.1, 0.15) is 18.0 Å². The van der Waals surface area contributed by atoms with Crippen LogP contribution in [-0.4, -0.2) is 49.0 Å². The van der Waals surface area contributed by atoms with E-state index in [1.807, 2.05) is 68.4 Å². The van der Waals surface area contributed by atoms with Crippen LogP contribution in [0.2, 0.25) is 0 Å². The van der Waals surface area contributed by atoms with Crippen molar-refractivity contribution in [3.63, 3.8) is 0 Å². The van der Waals surface area contributed by atoms with E-state index in [0.717, 1.165) is 11.1 Å². The van der Waals surface area contributed by atoms with E-state index in [1.165, 1.54) is 16.9 Å². The summed E-state index contributed by atoms with van der Waals surface area (Å²) in [7, 11) is 1.84. The first kappa shape index (κ1) is 26.6. The van der Waals surface area contributed by atoms with E-state index < -0.39 is 5.60 Å². The van der Waals surface area contributed by atoms with Crippen LogP contribution < -0.4 is 4.74 Å². The Kier molecular flexibility index (Phi) is 8.87. The van der Waals surface area contributed by atoms with Crippen LogP contribution in [0.15, 0.2) is 60.0 Å². The number of thiophene rings is 1. The van der Waals surface area contributed by atoms with Crippen LogP contribution in [-0.2, 0) is 9.53 Å². The fraction of sp³-hybridized carbons (Fsp3) is 0.379. The molecule has 2 aromatic carbocycles. The van der Waals surface area contributed by atoms with Crippen molar-refractivity contribution in [3.8, 4) is 16.9 Å². The number of ketones is 1. The summed E-state index contributed by atoms with van der Waals surface area (Å²) in [5.74, 6) is 0.626. The van der Waals surface area contributed by atoms with Crippen molar-refractivity contribution in [2.45, 2.75) is 46.1 Å². The lowest BCUT2D eigenvalue weighted by Crippen LogP contribution is -2.34. The molecule has 3 aromatic rings. The number of esters is 1. The van der Waals surface area contributed by atoms with Gasteiger partial charge < -0.3 is 9.47 Å². The number of carbonyl (C=O) groups is 2. The minimum absolute atomic E-state index is 0.0565. The first-order valence-electron chi connectivity index (χ1n) is 11.9. The molecule has 35 heavy (non-hydrogen) atoms. The monoisotopic (exact) mass is 493 g/mol. The zero-order valence-corrected chi connectivity index (χ0v) is 22.3. The summed E-state index contributed by atoms with van der Waals surface area (Å²) in [5, 5.41) is 1.90. The lowest BCUT2D eigenvalue weighted by atomic mass is 9.95. The number of hydrogen-bond acceptors (Lipinski definition) is 6. The van der Waals surface area contributed by atoms with E-state index in [2.05, 4.69) is 38.1 Å². The lowest BCUT2D eigenvalue weighted by Gasteiger charge is -2.22.